The number of hydrogen-bond donors (Lipinski definition) is 2. The summed E-state index contributed by atoms with van der Waals surface area (Å²) in [6.07, 6.45) is 0. The number of rotatable bonds is 4. The van der Waals surface area contributed by atoms with E-state index in [1.165, 1.54) is 24.3 Å². The molecule has 120 valence electrons. The minimum atomic E-state index is -0.487. The minimum absolute atomic E-state index is 0.202. The van der Waals surface area contributed by atoms with Crippen molar-refractivity contribution in [3.05, 3.63) is 62.1 Å². The van der Waals surface area contributed by atoms with E-state index < -0.39 is 11.8 Å². The van der Waals surface area contributed by atoms with E-state index in [1.807, 2.05) is 0 Å². The van der Waals surface area contributed by atoms with Gasteiger partial charge in [0.2, 0.25) is 5.91 Å². The number of carbonyl (C=O) groups is 2. The molecular formula is C15H10Cl4N2O2. The summed E-state index contributed by atoms with van der Waals surface area (Å²) in [5.41, 5.74) is 0.590. The van der Waals surface area contributed by atoms with Gasteiger partial charge < -0.3 is 10.6 Å². The predicted octanol–water partition coefficient (Wildman–Crippen LogP) is 4.67. The molecule has 23 heavy (non-hydrogen) atoms. The van der Waals surface area contributed by atoms with Crippen LogP contribution in [0.3, 0.4) is 0 Å². The summed E-state index contributed by atoms with van der Waals surface area (Å²) >= 11 is 23.5. The Morgan fingerprint density at radius 3 is 2.22 bits per heavy atom. The van der Waals surface area contributed by atoms with Crippen molar-refractivity contribution >= 4 is 63.9 Å². The highest BCUT2D eigenvalue weighted by atomic mass is 35.5. The molecule has 0 heterocycles. The predicted molar refractivity (Wildman–Crippen MR) is 93.9 cm³/mol. The van der Waals surface area contributed by atoms with Crippen LogP contribution in [-0.2, 0) is 4.79 Å². The third kappa shape index (κ3) is 5.01. The average Bonchev–Trinajstić information content (AvgIpc) is 2.48. The summed E-state index contributed by atoms with van der Waals surface area (Å²) in [5, 5.41) is 6.41. The number of hydrogen-bond acceptors (Lipinski definition) is 2. The summed E-state index contributed by atoms with van der Waals surface area (Å²) in [5.74, 6) is -0.938. The largest absolute Gasteiger partial charge is 0.343 e. The number of amides is 2. The van der Waals surface area contributed by atoms with Gasteiger partial charge in [0.25, 0.3) is 5.91 Å². The molecule has 2 N–H and O–H groups in total. The molecule has 0 fully saturated rings. The van der Waals surface area contributed by atoms with Crippen molar-refractivity contribution in [3.63, 3.8) is 0 Å². The fraction of sp³-hybridized carbons (Fsp3) is 0.0667. The highest BCUT2D eigenvalue weighted by molar-refractivity contribution is 6.37. The number of nitrogens with one attached hydrogen (secondary N) is 2. The maximum Gasteiger partial charge on any atom is 0.253 e. The highest BCUT2D eigenvalue weighted by Crippen LogP contribution is 2.25. The molecule has 0 unspecified atom stereocenters. The molecule has 0 spiro atoms. The Labute approximate surface area is 152 Å². The van der Waals surface area contributed by atoms with Crippen LogP contribution in [0.4, 0.5) is 5.69 Å². The van der Waals surface area contributed by atoms with Crippen molar-refractivity contribution in [2.24, 2.45) is 0 Å². The van der Waals surface area contributed by atoms with Crippen molar-refractivity contribution in [1.29, 1.82) is 0 Å². The van der Waals surface area contributed by atoms with Crippen molar-refractivity contribution in [1.82, 2.24) is 5.32 Å². The standard InChI is InChI=1S/C15H10Cl4N2O2/c16-8-1-3-10(12(19)5-8)15(23)20-7-14(22)21-13-6-9(17)2-4-11(13)18/h1-6H,7H2,(H,20,23)(H,21,22). The Hall–Kier alpha value is -1.46. The van der Waals surface area contributed by atoms with Gasteiger partial charge in [0, 0.05) is 10.0 Å². The Kier molecular flexibility index (Phi) is 6.13. The molecule has 8 heteroatoms. The maximum absolute atomic E-state index is 12.0. The first-order valence-corrected chi connectivity index (χ1v) is 7.86. The maximum atomic E-state index is 12.0. The van der Waals surface area contributed by atoms with Crippen LogP contribution in [0.2, 0.25) is 20.1 Å². The summed E-state index contributed by atoms with van der Waals surface area (Å²) < 4.78 is 0. The summed E-state index contributed by atoms with van der Waals surface area (Å²) in [6.45, 7) is -0.249. The van der Waals surface area contributed by atoms with E-state index in [0.29, 0.717) is 20.8 Å². The van der Waals surface area contributed by atoms with Crippen LogP contribution >= 0.6 is 46.4 Å². The van der Waals surface area contributed by atoms with Crippen molar-refractivity contribution < 1.29 is 9.59 Å². The molecule has 2 rings (SSSR count). The molecule has 0 atom stereocenters. The summed E-state index contributed by atoms with van der Waals surface area (Å²) in [6, 6.07) is 9.14. The van der Waals surface area contributed by atoms with Gasteiger partial charge in [-0.15, -0.1) is 0 Å². The van der Waals surface area contributed by atoms with Crippen LogP contribution in [0.5, 0.6) is 0 Å². The number of halogens is 4. The highest BCUT2D eigenvalue weighted by Gasteiger charge is 2.13. The molecule has 0 aromatic heterocycles. The van der Waals surface area contributed by atoms with Crippen LogP contribution in [0, 0.1) is 0 Å². The molecule has 0 bridgehead atoms. The lowest BCUT2D eigenvalue weighted by Gasteiger charge is -2.09. The third-order valence-electron chi connectivity index (χ3n) is 2.79. The van der Waals surface area contributed by atoms with Gasteiger partial charge in [-0.3, -0.25) is 9.59 Å². The molecular weight excluding hydrogens is 382 g/mol. The van der Waals surface area contributed by atoms with Crippen LogP contribution in [0.15, 0.2) is 36.4 Å². The summed E-state index contributed by atoms with van der Waals surface area (Å²) in [7, 11) is 0. The molecule has 0 aliphatic heterocycles. The Morgan fingerprint density at radius 1 is 0.870 bits per heavy atom. The first-order chi connectivity index (χ1) is 10.9. The van der Waals surface area contributed by atoms with Crippen LogP contribution in [0.25, 0.3) is 0 Å². The fourth-order valence-electron chi connectivity index (χ4n) is 1.72. The second kappa shape index (κ2) is 7.88. The first kappa shape index (κ1) is 17.9. The van der Waals surface area contributed by atoms with Crippen LogP contribution < -0.4 is 10.6 Å². The van der Waals surface area contributed by atoms with Gasteiger partial charge in [-0.1, -0.05) is 46.4 Å². The first-order valence-electron chi connectivity index (χ1n) is 6.35. The second-order valence-corrected chi connectivity index (χ2v) is 6.17. The molecule has 0 radical (unpaired) electrons. The van der Waals surface area contributed by atoms with Gasteiger partial charge >= 0.3 is 0 Å². The molecule has 4 nitrogen and oxygen atoms in total. The van der Waals surface area contributed by atoms with Gasteiger partial charge in [-0.05, 0) is 36.4 Å². The molecule has 2 aromatic rings. The van der Waals surface area contributed by atoms with Crippen LogP contribution in [0.1, 0.15) is 10.4 Å². The van der Waals surface area contributed by atoms with Crippen molar-refractivity contribution in [2.45, 2.75) is 0 Å². The minimum Gasteiger partial charge on any atom is -0.343 e. The molecule has 2 aromatic carbocycles. The zero-order valence-electron chi connectivity index (χ0n) is 11.5. The van der Waals surface area contributed by atoms with Crippen LogP contribution in [-0.4, -0.2) is 18.4 Å². The van der Waals surface area contributed by atoms with E-state index in [2.05, 4.69) is 10.6 Å². The Balaban J connectivity index is 1.96. The number of benzene rings is 2. The zero-order chi connectivity index (χ0) is 17.0. The summed E-state index contributed by atoms with van der Waals surface area (Å²) in [4.78, 5) is 23.9. The Morgan fingerprint density at radius 2 is 1.52 bits per heavy atom. The van der Waals surface area contributed by atoms with Gasteiger partial charge in [0.15, 0.2) is 0 Å². The van der Waals surface area contributed by atoms with Gasteiger partial charge in [0.05, 0.1) is 27.8 Å². The van der Waals surface area contributed by atoms with Gasteiger partial charge in [-0.25, -0.2) is 0 Å². The SMILES string of the molecule is O=C(CNC(=O)c1ccc(Cl)cc1Cl)Nc1cc(Cl)ccc1Cl. The lowest BCUT2D eigenvalue weighted by atomic mass is 10.2. The second-order valence-electron chi connectivity index (χ2n) is 4.48. The van der Waals surface area contributed by atoms with E-state index in [1.54, 1.807) is 12.1 Å². The molecule has 2 amide bonds. The lowest BCUT2D eigenvalue weighted by molar-refractivity contribution is -0.115. The molecule has 0 aliphatic rings. The molecule has 0 saturated carbocycles. The quantitative estimate of drug-likeness (QED) is 0.795. The van der Waals surface area contributed by atoms with Gasteiger partial charge in [0.1, 0.15) is 0 Å². The van der Waals surface area contributed by atoms with E-state index in [0.717, 1.165) is 0 Å². The van der Waals surface area contributed by atoms with E-state index in [-0.39, 0.29) is 17.1 Å². The lowest BCUT2D eigenvalue weighted by Crippen LogP contribution is -2.33. The van der Waals surface area contributed by atoms with Gasteiger partial charge in [-0.2, -0.15) is 0 Å². The zero-order valence-corrected chi connectivity index (χ0v) is 14.5. The fourth-order valence-corrected chi connectivity index (χ4v) is 2.55. The average molecular weight is 392 g/mol. The number of carbonyl (C=O) groups excluding carboxylic acids is 2. The van der Waals surface area contributed by atoms with Crippen molar-refractivity contribution in [2.75, 3.05) is 11.9 Å². The Bertz CT molecular complexity index is 765. The molecule has 0 aliphatic carbocycles. The number of anilines is 1. The van der Waals surface area contributed by atoms with Crippen molar-refractivity contribution in [3.8, 4) is 0 Å². The van der Waals surface area contributed by atoms with E-state index >= 15 is 0 Å². The third-order valence-corrected chi connectivity index (χ3v) is 3.90. The normalized spacial score (nSPS) is 10.3. The monoisotopic (exact) mass is 390 g/mol. The van der Waals surface area contributed by atoms with E-state index in [4.69, 9.17) is 46.4 Å². The van der Waals surface area contributed by atoms with E-state index in [9.17, 15) is 9.59 Å². The molecule has 0 saturated heterocycles. The topological polar surface area (TPSA) is 58.2 Å². The smallest absolute Gasteiger partial charge is 0.253 e.